The summed E-state index contributed by atoms with van der Waals surface area (Å²) in [5, 5.41) is 17.3. The molecule has 6 nitrogen and oxygen atoms in total. The number of benzene rings is 1. The van der Waals surface area contributed by atoms with Gasteiger partial charge in [-0.2, -0.15) is 0 Å². The number of aliphatic carboxylic acids is 1. The number of hydrogen-bond donors (Lipinski definition) is 2. The van der Waals surface area contributed by atoms with E-state index in [1.165, 1.54) is 11.1 Å². The highest BCUT2D eigenvalue weighted by molar-refractivity contribution is 5.63. The number of rotatable bonds is 5. The third kappa shape index (κ3) is 5.16. The van der Waals surface area contributed by atoms with Crippen LogP contribution in [0.1, 0.15) is 32.3 Å². The zero-order chi connectivity index (χ0) is 19.0. The molecule has 0 saturated carbocycles. The molecule has 1 aliphatic rings. The summed E-state index contributed by atoms with van der Waals surface area (Å²) in [6.45, 7) is 5.70. The van der Waals surface area contributed by atoms with E-state index in [-0.39, 0.29) is 12.0 Å². The normalized spacial score (nSPS) is 15.8. The molecule has 0 atom stereocenters. The molecule has 2 heterocycles. The SMILES string of the molecule is CC(=O)O.CCc1ccccc1-c1nccn1CC1(CO)CCOCC1. The molecule has 1 aromatic carbocycles. The fourth-order valence-electron chi connectivity index (χ4n) is 3.26. The van der Waals surface area contributed by atoms with E-state index in [2.05, 4.69) is 40.7 Å². The van der Waals surface area contributed by atoms with Crippen molar-refractivity contribution >= 4 is 5.97 Å². The third-order valence-electron chi connectivity index (χ3n) is 4.75. The van der Waals surface area contributed by atoms with Gasteiger partial charge in [0.2, 0.25) is 0 Å². The van der Waals surface area contributed by atoms with Gasteiger partial charge in [0.1, 0.15) is 5.82 Å². The van der Waals surface area contributed by atoms with E-state index in [9.17, 15) is 5.11 Å². The van der Waals surface area contributed by atoms with Crippen molar-refractivity contribution in [3.8, 4) is 11.4 Å². The Bertz CT molecular complexity index is 701. The van der Waals surface area contributed by atoms with Gasteiger partial charge in [-0.25, -0.2) is 4.98 Å². The molecule has 0 bridgehead atoms. The maximum atomic E-state index is 9.91. The van der Waals surface area contributed by atoms with Gasteiger partial charge < -0.3 is 19.5 Å². The van der Waals surface area contributed by atoms with Gasteiger partial charge in [0.05, 0.1) is 6.61 Å². The molecule has 0 radical (unpaired) electrons. The van der Waals surface area contributed by atoms with Gasteiger partial charge in [0.15, 0.2) is 0 Å². The van der Waals surface area contributed by atoms with Crippen molar-refractivity contribution in [3.05, 3.63) is 42.2 Å². The van der Waals surface area contributed by atoms with Gasteiger partial charge >= 0.3 is 0 Å². The van der Waals surface area contributed by atoms with Gasteiger partial charge in [-0.05, 0) is 24.8 Å². The molecular weight excluding hydrogens is 332 g/mol. The molecule has 0 aliphatic carbocycles. The molecule has 1 aliphatic heterocycles. The van der Waals surface area contributed by atoms with Crippen LogP contribution in [-0.4, -0.2) is 45.6 Å². The molecule has 1 aromatic heterocycles. The van der Waals surface area contributed by atoms with E-state index in [1.807, 2.05) is 12.4 Å². The van der Waals surface area contributed by atoms with Crippen LogP contribution in [0, 0.1) is 5.41 Å². The van der Waals surface area contributed by atoms with E-state index >= 15 is 0 Å². The highest BCUT2D eigenvalue weighted by atomic mass is 16.5. The van der Waals surface area contributed by atoms with Crippen LogP contribution in [-0.2, 0) is 22.5 Å². The predicted molar refractivity (Wildman–Crippen MR) is 99.9 cm³/mol. The summed E-state index contributed by atoms with van der Waals surface area (Å²) >= 11 is 0. The van der Waals surface area contributed by atoms with Crippen molar-refractivity contribution in [1.82, 2.24) is 9.55 Å². The number of carboxylic acid groups (broad SMARTS) is 1. The Balaban J connectivity index is 0.000000552. The molecule has 142 valence electrons. The Morgan fingerprint density at radius 1 is 1.31 bits per heavy atom. The number of imidazole rings is 1. The Labute approximate surface area is 154 Å². The number of nitrogens with zero attached hydrogens (tertiary/aromatic N) is 2. The summed E-state index contributed by atoms with van der Waals surface area (Å²) in [5.74, 6) is 0.164. The van der Waals surface area contributed by atoms with Crippen molar-refractivity contribution < 1.29 is 19.7 Å². The second kappa shape index (κ2) is 9.50. The first-order valence-electron chi connectivity index (χ1n) is 8.99. The van der Waals surface area contributed by atoms with Crippen LogP contribution in [0.25, 0.3) is 11.4 Å². The Morgan fingerprint density at radius 3 is 2.58 bits per heavy atom. The van der Waals surface area contributed by atoms with Crippen molar-refractivity contribution in [2.24, 2.45) is 5.41 Å². The highest BCUT2D eigenvalue weighted by Crippen LogP contribution is 2.34. The molecule has 2 N–H and O–H groups in total. The van der Waals surface area contributed by atoms with E-state index in [0.29, 0.717) is 0 Å². The molecule has 3 rings (SSSR count). The lowest BCUT2D eigenvalue weighted by Gasteiger charge is -2.36. The summed E-state index contributed by atoms with van der Waals surface area (Å²) in [4.78, 5) is 13.6. The molecule has 0 amide bonds. The predicted octanol–water partition coefficient (Wildman–Crippen LogP) is 2.99. The number of aryl methyl sites for hydroxylation is 1. The number of hydrogen-bond acceptors (Lipinski definition) is 4. The topological polar surface area (TPSA) is 84.6 Å². The second-order valence-corrected chi connectivity index (χ2v) is 6.68. The average Bonchev–Trinajstić information content (AvgIpc) is 3.09. The lowest BCUT2D eigenvalue weighted by Crippen LogP contribution is -2.37. The smallest absolute Gasteiger partial charge is 0.300 e. The van der Waals surface area contributed by atoms with Gasteiger partial charge in [-0.1, -0.05) is 31.2 Å². The zero-order valence-corrected chi connectivity index (χ0v) is 15.5. The van der Waals surface area contributed by atoms with Gasteiger partial charge in [-0.15, -0.1) is 0 Å². The monoisotopic (exact) mass is 360 g/mol. The summed E-state index contributed by atoms with van der Waals surface area (Å²) in [5.41, 5.74) is 2.41. The number of ether oxygens (including phenoxy) is 1. The van der Waals surface area contributed by atoms with Crippen molar-refractivity contribution in [1.29, 1.82) is 0 Å². The van der Waals surface area contributed by atoms with Gasteiger partial charge in [0.25, 0.3) is 5.97 Å². The van der Waals surface area contributed by atoms with E-state index < -0.39 is 5.97 Å². The van der Waals surface area contributed by atoms with Crippen LogP contribution < -0.4 is 0 Å². The van der Waals surface area contributed by atoms with Crippen molar-refractivity contribution in [2.45, 2.75) is 39.7 Å². The minimum Gasteiger partial charge on any atom is -0.481 e. The molecule has 0 unspecified atom stereocenters. The third-order valence-corrected chi connectivity index (χ3v) is 4.75. The van der Waals surface area contributed by atoms with Crippen molar-refractivity contribution in [3.63, 3.8) is 0 Å². The lowest BCUT2D eigenvalue weighted by molar-refractivity contribution is -0.134. The molecule has 1 fully saturated rings. The van der Waals surface area contributed by atoms with Crippen LogP contribution in [0.2, 0.25) is 0 Å². The average molecular weight is 360 g/mol. The van der Waals surface area contributed by atoms with E-state index in [0.717, 1.165) is 51.8 Å². The zero-order valence-electron chi connectivity index (χ0n) is 15.5. The number of carboxylic acids is 1. The maximum Gasteiger partial charge on any atom is 0.300 e. The number of aliphatic hydroxyl groups excluding tert-OH is 1. The number of aliphatic hydroxyl groups is 1. The Morgan fingerprint density at radius 2 is 1.96 bits per heavy atom. The van der Waals surface area contributed by atoms with Crippen molar-refractivity contribution in [2.75, 3.05) is 19.8 Å². The molecule has 26 heavy (non-hydrogen) atoms. The molecule has 6 heteroatoms. The molecule has 2 aromatic rings. The first-order valence-corrected chi connectivity index (χ1v) is 8.99. The first kappa shape index (κ1) is 20.1. The first-order chi connectivity index (χ1) is 12.5. The lowest BCUT2D eigenvalue weighted by atomic mass is 9.81. The molecular formula is C20H28N2O4. The number of carbonyl (C=O) groups is 1. The summed E-state index contributed by atoms with van der Waals surface area (Å²) < 4.78 is 7.65. The summed E-state index contributed by atoms with van der Waals surface area (Å²) in [7, 11) is 0. The molecule has 0 spiro atoms. The summed E-state index contributed by atoms with van der Waals surface area (Å²) in [6.07, 6.45) is 6.66. The Kier molecular flexibility index (Phi) is 7.36. The van der Waals surface area contributed by atoms with Crippen LogP contribution in [0.3, 0.4) is 0 Å². The van der Waals surface area contributed by atoms with E-state index in [1.54, 1.807) is 0 Å². The minimum atomic E-state index is -0.833. The Hall–Kier alpha value is -2.18. The quantitative estimate of drug-likeness (QED) is 0.856. The van der Waals surface area contributed by atoms with Crippen LogP contribution in [0.5, 0.6) is 0 Å². The maximum absolute atomic E-state index is 9.91. The standard InChI is InChI=1S/C18H24N2O2.C2H4O2/c1-2-15-5-3-4-6-16(15)17-19-9-10-20(17)13-18(14-21)7-11-22-12-8-18;1-2(3)4/h3-6,9-10,21H,2,7-8,11-14H2,1H3;1H3,(H,3,4). The highest BCUT2D eigenvalue weighted by Gasteiger charge is 2.33. The van der Waals surface area contributed by atoms with Gasteiger partial charge in [-0.3, -0.25) is 4.79 Å². The van der Waals surface area contributed by atoms with E-state index in [4.69, 9.17) is 14.6 Å². The van der Waals surface area contributed by atoms with Gasteiger partial charge in [0, 0.05) is 50.1 Å². The van der Waals surface area contributed by atoms with Crippen LogP contribution >= 0.6 is 0 Å². The fraction of sp³-hybridized carbons (Fsp3) is 0.500. The second-order valence-electron chi connectivity index (χ2n) is 6.68. The van der Waals surface area contributed by atoms with Crippen LogP contribution in [0.15, 0.2) is 36.7 Å². The summed E-state index contributed by atoms with van der Waals surface area (Å²) in [6, 6.07) is 8.42. The number of aromatic nitrogens is 2. The van der Waals surface area contributed by atoms with Crippen LogP contribution in [0.4, 0.5) is 0 Å². The fourth-order valence-corrected chi connectivity index (χ4v) is 3.26. The molecule has 1 saturated heterocycles. The largest absolute Gasteiger partial charge is 0.481 e. The minimum absolute atomic E-state index is 0.0884.